The second kappa shape index (κ2) is 4.41. The van der Waals surface area contributed by atoms with Crippen molar-refractivity contribution in [3.63, 3.8) is 0 Å². The van der Waals surface area contributed by atoms with E-state index >= 15 is 0 Å². The van der Waals surface area contributed by atoms with E-state index in [9.17, 15) is 0 Å². The highest BCUT2D eigenvalue weighted by molar-refractivity contribution is 6.38. The first-order valence-electron chi connectivity index (χ1n) is 4.16. The lowest BCUT2D eigenvalue weighted by Gasteiger charge is -2.04. The van der Waals surface area contributed by atoms with Gasteiger partial charge in [0, 0.05) is 5.56 Å². The molecule has 1 aromatic carbocycles. The molecule has 1 rings (SSSR count). The summed E-state index contributed by atoms with van der Waals surface area (Å²) in [4.78, 5) is 0. The molecule has 0 amide bonds. The van der Waals surface area contributed by atoms with Gasteiger partial charge < -0.3 is 10.4 Å². The molecule has 4 heteroatoms. The lowest BCUT2D eigenvalue weighted by atomic mass is 10.0. The standard InChI is InChI=1S/C10H12N2O2/c1-7-3-4-8(2)9(5-7)10(12-14)6-11-13/h3-6,13-14H,1-2H3/b11-6+,12-10-. The molecule has 0 heterocycles. The summed E-state index contributed by atoms with van der Waals surface area (Å²) >= 11 is 0. The molecule has 1 aromatic rings. The van der Waals surface area contributed by atoms with E-state index < -0.39 is 0 Å². The van der Waals surface area contributed by atoms with E-state index in [4.69, 9.17) is 10.4 Å². The zero-order chi connectivity index (χ0) is 10.6. The van der Waals surface area contributed by atoms with Gasteiger partial charge >= 0.3 is 0 Å². The number of hydrogen-bond donors (Lipinski definition) is 2. The summed E-state index contributed by atoms with van der Waals surface area (Å²) in [5.41, 5.74) is 3.01. The lowest BCUT2D eigenvalue weighted by Crippen LogP contribution is -2.05. The largest absolute Gasteiger partial charge is 0.411 e. The van der Waals surface area contributed by atoms with Gasteiger partial charge in [0.05, 0.1) is 6.21 Å². The number of nitrogens with zero attached hydrogens (tertiary/aromatic N) is 2. The number of rotatable bonds is 2. The molecule has 0 aliphatic heterocycles. The first kappa shape index (κ1) is 10.2. The van der Waals surface area contributed by atoms with Gasteiger partial charge in [-0.3, -0.25) is 0 Å². The normalized spacial score (nSPS) is 12.3. The molecule has 0 bridgehead atoms. The Morgan fingerprint density at radius 3 is 2.57 bits per heavy atom. The van der Waals surface area contributed by atoms with Gasteiger partial charge in [-0.15, -0.1) is 0 Å². The predicted molar refractivity (Wildman–Crippen MR) is 54.5 cm³/mol. The van der Waals surface area contributed by atoms with Gasteiger partial charge in [0.1, 0.15) is 5.71 Å². The van der Waals surface area contributed by atoms with Gasteiger partial charge in [0.15, 0.2) is 0 Å². The molecule has 0 saturated carbocycles. The van der Waals surface area contributed by atoms with Crippen LogP contribution in [0.25, 0.3) is 0 Å². The molecule has 0 aliphatic rings. The van der Waals surface area contributed by atoms with Crippen LogP contribution in [0.5, 0.6) is 0 Å². The highest BCUT2D eigenvalue weighted by Crippen LogP contribution is 2.11. The van der Waals surface area contributed by atoms with Crippen LogP contribution in [-0.2, 0) is 0 Å². The molecule has 0 unspecified atom stereocenters. The Balaban J connectivity index is 3.22. The van der Waals surface area contributed by atoms with Crippen LogP contribution in [0, 0.1) is 13.8 Å². The summed E-state index contributed by atoms with van der Waals surface area (Å²) in [7, 11) is 0. The Morgan fingerprint density at radius 1 is 1.29 bits per heavy atom. The fourth-order valence-corrected chi connectivity index (χ4v) is 1.22. The van der Waals surface area contributed by atoms with Crippen molar-refractivity contribution in [2.75, 3.05) is 0 Å². The monoisotopic (exact) mass is 192 g/mol. The van der Waals surface area contributed by atoms with E-state index in [2.05, 4.69) is 10.3 Å². The van der Waals surface area contributed by atoms with Crippen molar-refractivity contribution in [2.45, 2.75) is 13.8 Å². The van der Waals surface area contributed by atoms with Crippen molar-refractivity contribution in [3.05, 3.63) is 34.9 Å². The third-order valence-electron chi connectivity index (χ3n) is 1.96. The van der Waals surface area contributed by atoms with Crippen molar-refractivity contribution in [2.24, 2.45) is 10.3 Å². The van der Waals surface area contributed by atoms with Gasteiger partial charge in [-0.05, 0) is 25.5 Å². The smallest absolute Gasteiger partial charge is 0.131 e. The molecule has 2 N–H and O–H groups in total. The summed E-state index contributed by atoms with van der Waals surface area (Å²) in [6, 6.07) is 5.75. The first-order chi connectivity index (χ1) is 6.69. The number of benzene rings is 1. The maximum Gasteiger partial charge on any atom is 0.131 e. The van der Waals surface area contributed by atoms with Crippen LogP contribution in [0.3, 0.4) is 0 Å². The van der Waals surface area contributed by atoms with Crippen LogP contribution in [0.15, 0.2) is 28.5 Å². The highest BCUT2D eigenvalue weighted by Gasteiger charge is 2.05. The number of hydrogen-bond acceptors (Lipinski definition) is 4. The van der Waals surface area contributed by atoms with E-state index in [1.165, 1.54) is 0 Å². The van der Waals surface area contributed by atoms with Crippen molar-refractivity contribution in [3.8, 4) is 0 Å². The Morgan fingerprint density at radius 2 is 2.00 bits per heavy atom. The molecule has 14 heavy (non-hydrogen) atoms. The van der Waals surface area contributed by atoms with Crippen molar-refractivity contribution in [1.82, 2.24) is 0 Å². The Bertz CT molecular complexity index is 384. The molecule has 74 valence electrons. The van der Waals surface area contributed by atoms with Gasteiger partial charge in [-0.25, -0.2) is 0 Å². The summed E-state index contributed by atoms with van der Waals surface area (Å²) in [6.07, 6.45) is 1.10. The van der Waals surface area contributed by atoms with Crippen LogP contribution in [0.1, 0.15) is 16.7 Å². The van der Waals surface area contributed by atoms with Crippen LogP contribution in [-0.4, -0.2) is 22.3 Å². The molecule has 0 atom stereocenters. The summed E-state index contributed by atoms with van der Waals surface area (Å²) in [6.45, 7) is 3.83. The zero-order valence-corrected chi connectivity index (χ0v) is 8.10. The highest BCUT2D eigenvalue weighted by atomic mass is 16.4. The average Bonchev–Trinajstić information content (AvgIpc) is 2.18. The summed E-state index contributed by atoms with van der Waals surface area (Å²) in [5.74, 6) is 0. The topological polar surface area (TPSA) is 65.2 Å². The first-order valence-corrected chi connectivity index (χ1v) is 4.16. The fraction of sp³-hybridized carbons (Fsp3) is 0.200. The average molecular weight is 192 g/mol. The van der Waals surface area contributed by atoms with E-state index in [0.717, 1.165) is 22.9 Å². The third kappa shape index (κ3) is 2.10. The SMILES string of the molecule is Cc1ccc(C)c(C(/C=N/O)=N\O)c1. The van der Waals surface area contributed by atoms with E-state index in [-0.39, 0.29) is 5.71 Å². The predicted octanol–water partition coefficient (Wildman–Crippen LogP) is 1.94. The Labute approximate surface area is 82.2 Å². The van der Waals surface area contributed by atoms with Gasteiger partial charge in [-0.1, -0.05) is 28.0 Å². The zero-order valence-electron chi connectivity index (χ0n) is 8.10. The number of aryl methyl sites for hydroxylation is 2. The molecule has 0 aromatic heterocycles. The minimum atomic E-state index is 0.244. The van der Waals surface area contributed by atoms with Crippen molar-refractivity contribution >= 4 is 11.9 Å². The molecule has 0 fully saturated rings. The van der Waals surface area contributed by atoms with Crippen LogP contribution >= 0.6 is 0 Å². The van der Waals surface area contributed by atoms with Crippen LogP contribution in [0.2, 0.25) is 0 Å². The second-order valence-electron chi connectivity index (χ2n) is 3.05. The van der Waals surface area contributed by atoms with E-state index in [1.807, 2.05) is 32.0 Å². The van der Waals surface area contributed by atoms with Gasteiger partial charge in [0.25, 0.3) is 0 Å². The quantitative estimate of drug-likeness (QED) is 0.427. The van der Waals surface area contributed by atoms with Crippen molar-refractivity contribution < 1.29 is 10.4 Å². The second-order valence-corrected chi connectivity index (χ2v) is 3.05. The lowest BCUT2D eigenvalue weighted by molar-refractivity contribution is 0.316. The summed E-state index contributed by atoms with van der Waals surface area (Å²) < 4.78 is 0. The molecule has 0 radical (unpaired) electrons. The molecule has 4 nitrogen and oxygen atoms in total. The van der Waals surface area contributed by atoms with E-state index in [1.54, 1.807) is 0 Å². The maximum atomic E-state index is 8.71. The Hall–Kier alpha value is -1.84. The maximum absolute atomic E-state index is 8.71. The fourth-order valence-electron chi connectivity index (χ4n) is 1.22. The van der Waals surface area contributed by atoms with E-state index in [0.29, 0.717) is 0 Å². The molecular formula is C10H12N2O2. The van der Waals surface area contributed by atoms with Crippen LogP contribution in [0.4, 0.5) is 0 Å². The molecule has 0 aliphatic carbocycles. The van der Waals surface area contributed by atoms with Gasteiger partial charge in [-0.2, -0.15) is 0 Å². The Kier molecular flexibility index (Phi) is 3.23. The number of oxime groups is 2. The third-order valence-corrected chi connectivity index (χ3v) is 1.96. The minimum absolute atomic E-state index is 0.244. The van der Waals surface area contributed by atoms with Crippen molar-refractivity contribution in [1.29, 1.82) is 0 Å². The van der Waals surface area contributed by atoms with Gasteiger partial charge in [0.2, 0.25) is 0 Å². The van der Waals surface area contributed by atoms with Crippen LogP contribution < -0.4 is 0 Å². The molecule has 0 saturated heterocycles. The molecule has 0 spiro atoms. The molecular weight excluding hydrogens is 180 g/mol. The summed E-state index contributed by atoms with van der Waals surface area (Å²) in [5, 5.41) is 23.0. The minimum Gasteiger partial charge on any atom is -0.411 e.